The number of hydrogen-bond donors (Lipinski definition) is 2. The van der Waals surface area contributed by atoms with E-state index in [9.17, 15) is 4.79 Å². The number of aryl methyl sites for hydroxylation is 1. The Bertz CT molecular complexity index is 749. The number of ether oxygens (including phenoxy) is 2. The Kier molecular flexibility index (Phi) is 5.23. The molecule has 0 radical (unpaired) electrons. The van der Waals surface area contributed by atoms with Crippen LogP contribution in [0, 0.1) is 6.92 Å². The third kappa shape index (κ3) is 4.19. The minimum absolute atomic E-state index is 0.0480. The molecule has 1 heterocycles. The van der Waals surface area contributed by atoms with Crippen LogP contribution in [-0.4, -0.2) is 19.2 Å². The van der Waals surface area contributed by atoms with Crippen LogP contribution in [0.3, 0.4) is 0 Å². The van der Waals surface area contributed by atoms with Gasteiger partial charge >= 0.3 is 0 Å². The van der Waals surface area contributed by atoms with Gasteiger partial charge in [0.25, 0.3) is 0 Å². The monoisotopic (exact) mass is 346 g/mol. The highest BCUT2D eigenvalue weighted by molar-refractivity contribution is 6.31. The van der Waals surface area contributed by atoms with Gasteiger partial charge in [-0.1, -0.05) is 23.7 Å². The molecule has 5 nitrogen and oxygen atoms in total. The molecule has 2 aromatic carbocycles. The third-order valence-corrected chi connectivity index (χ3v) is 4.16. The van der Waals surface area contributed by atoms with Crippen molar-refractivity contribution in [3.63, 3.8) is 0 Å². The molecule has 1 aliphatic heterocycles. The number of halogens is 1. The molecule has 1 aliphatic rings. The standard InChI is InChI=1S/C18H19ClN2O3/c1-12-2-4-14(9-15(12)19)21-18(22)6-7-20-10-13-3-5-16-17(8-13)24-11-23-16/h2-5,8-9,20H,6-7,10-11H2,1H3,(H,21,22). The first-order valence-electron chi connectivity index (χ1n) is 7.77. The van der Waals surface area contributed by atoms with Crippen LogP contribution in [0.25, 0.3) is 0 Å². The first-order valence-corrected chi connectivity index (χ1v) is 8.15. The van der Waals surface area contributed by atoms with Crippen molar-refractivity contribution in [1.82, 2.24) is 5.32 Å². The van der Waals surface area contributed by atoms with E-state index in [-0.39, 0.29) is 12.7 Å². The topological polar surface area (TPSA) is 59.6 Å². The van der Waals surface area contributed by atoms with Crippen molar-refractivity contribution in [2.24, 2.45) is 0 Å². The molecule has 0 saturated carbocycles. The highest BCUT2D eigenvalue weighted by Gasteiger charge is 2.12. The van der Waals surface area contributed by atoms with Gasteiger partial charge in [-0.3, -0.25) is 4.79 Å². The lowest BCUT2D eigenvalue weighted by molar-refractivity contribution is -0.116. The molecule has 24 heavy (non-hydrogen) atoms. The maximum atomic E-state index is 11.9. The lowest BCUT2D eigenvalue weighted by Crippen LogP contribution is -2.21. The summed E-state index contributed by atoms with van der Waals surface area (Å²) in [5, 5.41) is 6.74. The van der Waals surface area contributed by atoms with Crippen LogP contribution in [0.2, 0.25) is 5.02 Å². The molecule has 0 aromatic heterocycles. The zero-order valence-electron chi connectivity index (χ0n) is 13.4. The minimum Gasteiger partial charge on any atom is -0.454 e. The molecule has 0 bridgehead atoms. The first-order chi connectivity index (χ1) is 11.6. The molecular weight excluding hydrogens is 328 g/mol. The Labute approximate surface area is 145 Å². The molecule has 0 saturated heterocycles. The van der Waals surface area contributed by atoms with Crippen molar-refractivity contribution in [3.05, 3.63) is 52.5 Å². The normalized spacial score (nSPS) is 12.2. The molecule has 6 heteroatoms. The van der Waals surface area contributed by atoms with Crippen LogP contribution in [0.4, 0.5) is 5.69 Å². The highest BCUT2D eigenvalue weighted by atomic mass is 35.5. The summed E-state index contributed by atoms with van der Waals surface area (Å²) in [5.41, 5.74) is 2.79. The molecule has 0 aliphatic carbocycles. The summed E-state index contributed by atoms with van der Waals surface area (Å²) in [5.74, 6) is 1.49. The van der Waals surface area contributed by atoms with Gasteiger partial charge in [0, 0.05) is 30.2 Å². The van der Waals surface area contributed by atoms with E-state index < -0.39 is 0 Å². The van der Waals surface area contributed by atoms with E-state index in [4.69, 9.17) is 21.1 Å². The Morgan fingerprint density at radius 2 is 2.00 bits per heavy atom. The second-order valence-electron chi connectivity index (χ2n) is 5.63. The van der Waals surface area contributed by atoms with Crippen LogP contribution in [0.5, 0.6) is 11.5 Å². The van der Waals surface area contributed by atoms with Gasteiger partial charge in [0.2, 0.25) is 12.7 Å². The van der Waals surface area contributed by atoms with Crippen molar-refractivity contribution in [3.8, 4) is 11.5 Å². The summed E-state index contributed by atoms with van der Waals surface area (Å²) < 4.78 is 10.6. The highest BCUT2D eigenvalue weighted by Crippen LogP contribution is 2.32. The summed E-state index contributed by atoms with van der Waals surface area (Å²) >= 11 is 6.05. The fourth-order valence-electron chi connectivity index (χ4n) is 2.38. The smallest absolute Gasteiger partial charge is 0.231 e. The number of rotatable bonds is 6. The van der Waals surface area contributed by atoms with Crippen LogP contribution in [0.1, 0.15) is 17.5 Å². The Morgan fingerprint density at radius 3 is 2.83 bits per heavy atom. The first kappa shape index (κ1) is 16.6. The number of nitrogens with one attached hydrogen (secondary N) is 2. The van der Waals surface area contributed by atoms with Crippen LogP contribution in [-0.2, 0) is 11.3 Å². The van der Waals surface area contributed by atoms with Crippen molar-refractivity contribution >= 4 is 23.2 Å². The summed E-state index contributed by atoms with van der Waals surface area (Å²) in [7, 11) is 0. The molecule has 2 N–H and O–H groups in total. The van der Waals surface area contributed by atoms with Gasteiger partial charge in [0.05, 0.1) is 0 Å². The molecule has 1 amide bonds. The van der Waals surface area contributed by atoms with Gasteiger partial charge in [0.1, 0.15) is 0 Å². The molecule has 0 spiro atoms. The second kappa shape index (κ2) is 7.55. The van der Waals surface area contributed by atoms with Gasteiger partial charge in [-0.25, -0.2) is 0 Å². The number of carbonyl (C=O) groups excluding carboxylic acids is 1. The summed E-state index contributed by atoms with van der Waals surface area (Å²) in [6.07, 6.45) is 0.385. The van der Waals surface area contributed by atoms with Crippen LogP contribution < -0.4 is 20.1 Å². The van der Waals surface area contributed by atoms with E-state index in [0.717, 1.165) is 22.6 Å². The quantitative estimate of drug-likeness (QED) is 0.786. The number of benzene rings is 2. The van der Waals surface area contributed by atoms with E-state index in [1.165, 1.54) is 0 Å². The molecule has 0 unspecified atom stereocenters. The minimum atomic E-state index is -0.0480. The largest absolute Gasteiger partial charge is 0.454 e. The average molecular weight is 347 g/mol. The molecule has 126 valence electrons. The van der Waals surface area contributed by atoms with E-state index in [0.29, 0.717) is 30.2 Å². The number of carbonyl (C=O) groups is 1. The Morgan fingerprint density at radius 1 is 1.17 bits per heavy atom. The van der Waals surface area contributed by atoms with Gasteiger partial charge in [0.15, 0.2) is 11.5 Å². The maximum absolute atomic E-state index is 11.9. The van der Waals surface area contributed by atoms with Crippen molar-refractivity contribution in [2.75, 3.05) is 18.7 Å². The molecule has 0 atom stereocenters. The van der Waals surface area contributed by atoms with Gasteiger partial charge < -0.3 is 20.1 Å². The summed E-state index contributed by atoms with van der Waals surface area (Å²) in [6, 6.07) is 11.3. The van der Waals surface area contributed by atoms with Crippen molar-refractivity contribution in [2.45, 2.75) is 19.9 Å². The molecule has 2 aromatic rings. The SMILES string of the molecule is Cc1ccc(NC(=O)CCNCc2ccc3c(c2)OCO3)cc1Cl. The summed E-state index contributed by atoms with van der Waals surface area (Å²) in [4.78, 5) is 11.9. The third-order valence-electron chi connectivity index (χ3n) is 3.75. The number of anilines is 1. The Balaban J connectivity index is 1.41. The predicted molar refractivity (Wildman–Crippen MR) is 93.7 cm³/mol. The van der Waals surface area contributed by atoms with Crippen LogP contribution >= 0.6 is 11.6 Å². The van der Waals surface area contributed by atoms with Gasteiger partial charge in [-0.2, -0.15) is 0 Å². The van der Waals surface area contributed by atoms with E-state index in [1.54, 1.807) is 6.07 Å². The maximum Gasteiger partial charge on any atom is 0.231 e. The van der Waals surface area contributed by atoms with Crippen molar-refractivity contribution in [1.29, 1.82) is 0 Å². The molecule has 0 fully saturated rings. The van der Waals surface area contributed by atoms with E-state index in [2.05, 4.69) is 10.6 Å². The summed E-state index contributed by atoms with van der Waals surface area (Å²) in [6.45, 7) is 3.45. The number of hydrogen-bond acceptors (Lipinski definition) is 4. The number of fused-ring (bicyclic) bond motifs is 1. The lowest BCUT2D eigenvalue weighted by Gasteiger charge is -2.08. The number of amides is 1. The zero-order valence-corrected chi connectivity index (χ0v) is 14.2. The Hall–Kier alpha value is -2.24. The van der Waals surface area contributed by atoms with Crippen molar-refractivity contribution < 1.29 is 14.3 Å². The van der Waals surface area contributed by atoms with Gasteiger partial charge in [-0.15, -0.1) is 0 Å². The van der Waals surface area contributed by atoms with Gasteiger partial charge in [-0.05, 0) is 42.3 Å². The molecular formula is C18H19ClN2O3. The van der Waals surface area contributed by atoms with E-state index in [1.807, 2.05) is 37.3 Å². The zero-order chi connectivity index (χ0) is 16.9. The van der Waals surface area contributed by atoms with Crippen LogP contribution in [0.15, 0.2) is 36.4 Å². The predicted octanol–water partition coefficient (Wildman–Crippen LogP) is 3.50. The molecule has 3 rings (SSSR count). The fraction of sp³-hybridized carbons (Fsp3) is 0.278. The van der Waals surface area contributed by atoms with E-state index >= 15 is 0 Å². The fourth-order valence-corrected chi connectivity index (χ4v) is 2.56. The lowest BCUT2D eigenvalue weighted by atomic mass is 10.2. The second-order valence-corrected chi connectivity index (χ2v) is 6.03. The average Bonchev–Trinajstić information content (AvgIpc) is 3.03.